The first kappa shape index (κ1) is 35.3. The Labute approximate surface area is 268 Å². The molecule has 0 radical (unpaired) electrons. The monoisotopic (exact) mass is 595 g/mol. The first-order chi connectivity index (χ1) is 21.4. The maximum Gasteiger partial charge on any atom is 0.121 e. The van der Waals surface area contributed by atoms with Gasteiger partial charge in [-0.1, -0.05) is 92.4 Å². The Bertz CT molecular complexity index is 1270. The van der Waals surface area contributed by atoms with Crippen LogP contribution in [0.3, 0.4) is 0 Å². The van der Waals surface area contributed by atoms with Gasteiger partial charge in [-0.3, -0.25) is 0 Å². The molecule has 2 aromatic rings. The maximum atomic E-state index is 10.2. The molecule has 2 unspecified atom stereocenters. The third kappa shape index (κ3) is 9.41. The summed E-state index contributed by atoms with van der Waals surface area (Å²) in [7, 11) is 0. The van der Waals surface area contributed by atoms with Gasteiger partial charge in [0.25, 0.3) is 0 Å². The highest BCUT2D eigenvalue weighted by atomic mass is 15.1. The van der Waals surface area contributed by atoms with Crippen molar-refractivity contribution in [2.45, 2.75) is 137 Å². The molecule has 44 heavy (non-hydrogen) atoms. The summed E-state index contributed by atoms with van der Waals surface area (Å²) in [6, 6.07) is 13.3. The minimum absolute atomic E-state index is 0.406. The molecule has 238 valence electrons. The number of unbranched alkanes of at least 4 members (excludes halogenated alkanes) is 2. The zero-order valence-corrected chi connectivity index (χ0v) is 28.6. The van der Waals surface area contributed by atoms with E-state index in [1.165, 1.54) is 76.3 Å². The van der Waals surface area contributed by atoms with Crippen molar-refractivity contribution in [2.75, 3.05) is 18.0 Å². The molecule has 5 nitrogen and oxygen atoms in total. The fourth-order valence-corrected chi connectivity index (χ4v) is 6.95. The smallest absolute Gasteiger partial charge is 0.121 e. The highest BCUT2D eigenvalue weighted by Gasteiger charge is 2.23. The second kappa shape index (κ2) is 18.6. The van der Waals surface area contributed by atoms with E-state index in [0.29, 0.717) is 34.6 Å². The van der Waals surface area contributed by atoms with E-state index in [1.54, 1.807) is 0 Å². The van der Waals surface area contributed by atoms with Crippen molar-refractivity contribution in [2.24, 2.45) is 22.1 Å². The van der Waals surface area contributed by atoms with E-state index < -0.39 is 0 Å². The lowest BCUT2D eigenvalue weighted by molar-refractivity contribution is 0.403. The van der Waals surface area contributed by atoms with Gasteiger partial charge >= 0.3 is 0 Å². The van der Waals surface area contributed by atoms with Crippen molar-refractivity contribution in [3.05, 3.63) is 52.1 Å². The minimum atomic E-state index is 0.406. The van der Waals surface area contributed by atoms with Crippen LogP contribution < -0.4 is 4.90 Å². The zero-order valence-electron chi connectivity index (χ0n) is 28.6. The van der Waals surface area contributed by atoms with Gasteiger partial charge in [-0.2, -0.15) is 15.6 Å². The molecule has 0 aliphatic heterocycles. The van der Waals surface area contributed by atoms with E-state index in [9.17, 15) is 10.5 Å². The Hall–Kier alpha value is -3.18. The summed E-state index contributed by atoms with van der Waals surface area (Å²) in [6.07, 6.45) is 16.8. The predicted molar refractivity (Wildman–Crippen MR) is 185 cm³/mol. The molecule has 1 fully saturated rings. The van der Waals surface area contributed by atoms with Gasteiger partial charge in [0.15, 0.2) is 0 Å². The van der Waals surface area contributed by atoms with Crippen LogP contribution in [0.25, 0.3) is 0 Å². The highest BCUT2D eigenvalue weighted by Crippen LogP contribution is 2.40. The van der Waals surface area contributed by atoms with Crippen LogP contribution in [0.1, 0.15) is 152 Å². The van der Waals surface area contributed by atoms with Crippen molar-refractivity contribution in [1.82, 2.24) is 0 Å². The molecule has 0 N–H and O–H groups in total. The number of nitrogens with zero attached hydrogens (tertiary/aromatic N) is 5. The molecule has 2 atom stereocenters. The summed E-state index contributed by atoms with van der Waals surface area (Å²) in [6.45, 7) is 15.6. The van der Waals surface area contributed by atoms with Crippen LogP contribution in [0.4, 0.5) is 17.1 Å². The third-order valence-corrected chi connectivity index (χ3v) is 9.99. The van der Waals surface area contributed by atoms with E-state index in [0.717, 1.165) is 54.7 Å². The number of aryl methyl sites for hydroxylation is 1. The van der Waals surface area contributed by atoms with E-state index in [4.69, 9.17) is 0 Å². The standard InChI is InChI=1S/C39H57N5/c1-7-12-17-30(9-3)27-44(28-31(10-4)18-13-8-2)35-21-22-38(32(11-5)23-35)42-43-39-34(25-40)24-36(29(6)37(39)26-41)33-19-15-14-16-20-33/h21-24,30-31,33H,7-20,27-28H2,1-6H3. The summed E-state index contributed by atoms with van der Waals surface area (Å²) in [4.78, 5) is 2.64. The molecule has 1 aliphatic carbocycles. The van der Waals surface area contributed by atoms with E-state index >= 15 is 0 Å². The maximum absolute atomic E-state index is 10.2. The lowest BCUT2D eigenvalue weighted by Gasteiger charge is -2.33. The molecule has 0 aromatic heterocycles. The Balaban J connectivity index is 1.96. The van der Waals surface area contributed by atoms with Crippen LogP contribution in [0, 0.1) is 41.4 Å². The highest BCUT2D eigenvalue weighted by molar-refractivity contribution is 5.68. The molecular weight excluding hydrogens is 538 g/mol. The number of rotatable bonds is 17. The molecule has 0 saturated heterocycles. The molecule has 0 amide bonds. The molecular formula is C39H57N5. The van der Waals surface area contributed by atoms with Gasteiger partial charge in [0.05, 0.1) is 16.8 Å². The van der Waals surface area contributed by atoms with Crippen LogP contribution in [0.5, 0.6) is 0 Å². The van der Waals surface area contributed by atoms with Crippen molar-refractivity contribution in [3.63, 3.8) is 0 Å². The van der Waals surface area contributed by atoms with E-state index in [2.05, 4.69) is 80.1 Å². The summed E-state index contributed by atoms with van der Waals surface area (Å²) in [5.41, 5.74) is 6.68. The summed E-state index contributed by atoms with van der Waals surface area (Å²) >= 11 is 0. The third-order valence-electron chi connectivity index (χ3n) is 9.99. The first-order valence-corrected chi connectivity index (χ1v) is 17.7. The molecule has 5 heteroatoms. The SMILES string of the molecule is CCCCC(CC)CN(CC(CC)CCCC)c1ccc(N=Nc2c(C#N)cc(C3CCCCC3)c(C)c2C#N)c(CC)c1. The van der Waals surface area contributed by atoms with Crippen molar-refractivity contribution in [1.29, 1.82) is 10.5 Å². The minimum Gasteiger partial charge on any atom is -0.371 e. The second-order valence-electron chi connectivity index (χ2n) is 13.0. The van der Waals surface area contributed by atoms with Crippen LogP contribution in [-0.4, -0.2) is 13.1 Å². The van der Waals surface area contributed by atoms with Gasteiger partial charge in [-0.25, -0.2) is 0 Å². The Morgan fingerprint density at radius 1 is 0.841 bits per heavy atom. The van der Waals surface area contributed by atoms with Gasteiger partial charge in [0, 0.05) is 18.8 Å². The Kier molecular flexibility index (Phi) is 14.9. The summed E-state index contributed by atoms with van der Waals surface area (Å²) < 4.78 is 0. The quantitative estimate of drug-likeness (QED) is 0.171. The molecule has 1 aliphatic rings. The largest absolute Gasteiger partial charge is 0.371 e. The molecule has 2 aromatic carbocycles. The lowest BCUT2D eigenvalue weighted by atomic mass is 9.80. The Morgan fingerprint density at radius 2 is 1.48 bits per heavy atom. The number of hydrogen-bond acceptors (Lipinski definition) is 5. The normalized spacial score (nSPS) is 15.2. The van der Waals surface area contributed by atoms with E-state index in [-0.39, 0.29) is 0 Å². The van der Waals surface area contributed by atoms with Crippen molar-refractivity contribution < 1.29 is 0 Å². The zero-order chi connectivity index (χ0) is 31.9. The van der Waals surface area contributed by atoms with Crippen LogP contribution in [0.2, 0.25) is 0 Å². The van der Waals surface area contributed by atoms with Crippen molar-refractivity contribution in [3.8, 4) is 12.1 Å². The van der Waals surface area contributed by atoms with Gasteiger partial charge in [0.2, 0.25) is 0 Å². The molecule has 3 rings (SSSR count). The molecule has 1 saturated carbocycles. The average molecular weight is 596 g/mol. The summed E-state index contributed by atoms with van der Waals surface area (Å²) in [5.74, 6) is 1.80. The topological polar surface area (TPSA) is 75.5 Å². The second-order valence-corrected chi connectivity index (χ2v) is 13.0. The van der Waals surface area contributed by atoms with Crippen LogP contribution in [0.15, 0.2) is 34.5 Å². The number of azo groups is 1. The van der Waals surface area contributed by atoms with Gasteiger partial charge < -0.3 is 4.90 Å². The lowest BCUT2D eigenvalue weighted by Crippen LogP contribution is -2.34. The van der Waals surface area contributed by atoms with E-state index in [1.807, 2.05) is 13.0 Å². The fourth-order valence-electron chi connectivity index (χ4n) is 6.95. The average Bonchev–Trinajstić information content (AvgIpc) is 3.06. The van der Waals surface area contributed by atoms with Gasteiger partial charge in [-0.05, 0) is 97.7 Å². The summed E-state index contributed by atoms with van der Waals surface area (Å²) in [5, 5.41) is 29.5. The van der Waals surface area contributed by atoms with Crippen molar-refractivity contribution >= 4 is 17.1 Å². The fraction of sp³-hybridized carbons (Fsp3) is 0.641. The number of nitriles is 2. The predicted octanol–water partition coefficient (Wildman–Crippen LogP) is 12.0. The Morgan fingerprint density at radius 3 is 2.00 bits per heavy atom. The first-order valence-electron chi connectivity index (χ1n) is 17.7. The molecule has 0 bridgehead atoms. The molecule has 0 spiro atoms. The number of hydrogen-bond donors (Lipinski definition) is 0. The van der Waals surface area contributed by atoms with Gasteiger partial charge in [0.1, 0.15) is 17.8 Å². The molecule has 0 heterocycles. The van der Waals surface area contributed by atoms with Crippen LogP contribution >= 0.6 is 0 Å². The number of benzene rings is 2. The van der Waals surface area contributed by atoms with Crippen LogP contribution in [-0.2, 0) is 6.42 Å². The number of anilines is 1. The van der Waals surface area contributed by atoms with Gasteiger partial charge in [-0.15, -0.1) is 5.11 Å².